The highest BCUT2D eigenvalue weighted by Crippen LogP contribution is 2.35. The SMILES string of the molecule is CNNc1cc(-c2ccc(Cl)cc2)c(-c2ccccc2Cl)nn1. The van der Waals surface area contributed by atoms with E-state index in [0.717, 1.165) is 22.4 Å². The van der Waals surface area contributed by atoms with Gasteiger partial charge in [0.15, 0.2) is 5.82 Å². The number of halogens is 2. The molecule has 1 aromatic heterocycles. The van der Waals surface area contributed by atoms with Crippen LogP contribution in [0.4, 0.5) is 5.82 Å². The number of anilines is 1. The number of rotatable bonds is 4. The lowest BCUT2D eigenvalue weighted by Gasteiger charge is -2.12. The third-order valence-corrected chi connectivity index (χ3v) is 3.91. The summed E-state index contributed by atoms with van der Waals surface area (Å²) < 4.78 is 0. The van der Waals surface area contributed by atoms with Crippen LogP contribution in [0.5, 0.6) is 0 Å². The third-order valence-electron chi connectivity index (χ3n) is 3.33. The summed E-state index contributed by atoms with van der Waals surface area (Å²) in [6.45, 7) is 0. The molecule has 0 aliphatic carbocycles. The van der Waals surface area contributed by atoms with Gasteiger partial charge in [-0.15, -0.1) is 10.2 Å². The quantitative estimate of drug-likeness (QED) is 0.675. The summed E-state index contributed by atoms with van der Waals surface area (Å²) in [6.07, 6.45) is 0. The van der Waals surface area contributed by atoms with E-state index >= 15 is 0 Å². The molecular formula is C17H14Cl2N4. The third kappa shape index (κ3) is 3.45. The molecule has 0 bridgehead atoms. The van der Waals surface area contributed by atoms with Crippen molar-refractivity contribution in [1.82, 2.24) is 15.6 Å². The van der Waals surface area contributed by atoms with Crippen LogP contribution in [0.15, 0.2) is 54.6 Å². The number of hydrogen-bond donors (Lipinski definition) is 2. The van der Waals surface area contributed by atoms with Gasteiger partial charge in [-0.25, -0.2) is 5.43 Å². The van der Waals surface area contributed by atoms with Crippen LogP contribution < -0.4 is 10.9 Å². The smallest absolute Gasteiger partial charge is 0.163 e. The van der Waals surface area contributed by atoms with Crippen molar-refractivity contribution in [3.8, 4) is 22.4 Å². The Balaban J connectivity index is 2.19. The van der Waals surface area contributed by atoms with Gasteiger partial charge in [-0.2, -0.15) is 0 Å². The van der Waals surface area contributed by atoms with E-state index in [1.54, 1.807) is 7.05 Å². The molecule has 3 rings (SSSR count). The molecule has 1 heterocycles. The summed E-state index contributed by atoms with van der Waals surface area (Å²) in [4.78, 5) is 0. The Bertz CT molecular complexity index is 819. The first-order chi connectivity index (χ1) is 11.2. The standard InChI is InChI=1S/C17H14Cl2N4/c1-20-21-16-10-14(11-6-8-12(18)9-7-11)17(23-22-16)13-4-2-3-5-15(13)19/h2-10,20H,1H3,(H,21,22). The van der Waals surface area contributed by atoms with Gasteiger partial charge in [0, 0.05) is 23.2 Å². The van der Waals surface area contributed by atoms with Gasteiger partial charge in [-0.05, 0) is 29.8 Å². The van der Waals surface area contributed by atoms with Gasteiger partial charge >= 0.3 is 0 Å². The summed E-state index contributed by atoms with van der Waals surface area (Å²) in [5.74, 6) is 0.619. The fourth-order valence-electron chi connectivity index (χ4n) is 2.28. The van der Waals surface area contributed by atoms with Crippen molar-refractivity contribution >= 4 is 29.0 Å². The maximum absolute atomic E-state index is 6.33. The number of hydrogen-bond acceptors (Lipinski definition) is 4. The molecule has 0 atom stereocenters. The van der Waals surface area contributed by atoms with Crippen molar-refractivity contribution in [2.75, 3.05) is 12.5 Å². The molecule has 2 aromatic carbocycles. The molecule has 6 heteroatoms. The highest BCUT2D eigenvalue weighted by Gasteiger charge is 2.14. The fourth-order valence-corrected chi connectivity index (χ4v) is 2.63. The second kappa shape index (κ2) is 6.96. The van der Waals surface area contributed by atoms with Crippen molar-refractivity contribution in [2.45, 2.75) is 0 Å². The van der Waals surface area contributed by atoms with Crippen LogP contribution in [0.3, 0.4) is 0 Å². The molecule has 0 radical (unpaired) electrons. The van der Waals surface area contributed by atoms with E-state index in [0.29, 0.717) is 15.9 Å². The lowest BCUT2D eigenvalue weighted by atomic mass is 10.00. The molecule has 4 nitrogen and oxygen atoms in total. The van der Waals surface area contributed by atoms with Crippen LogP contribution in [0.25, 0.3) is 22.4 Å². The van der Waals surface area contributed by atoms with E-state index in [-0.39, 0.29) is 0 Å². The molecule has 0 spiro atoms. The summed E-state index contributed by atoms with van der Waals surface area (Å²) in [5.41, 5.74) is 9.24. The van der Waals surface area contributed by atoms with Crippen LogP contribution in [-0.2, 0) is 0 Å². The van der Waals surface area contributed by atoms with Crippen molar-refractivity contribution in [3.05, 3.63) is 64.6 Å². The molecule has 0 saturated carbocycles. The number of nitrogens with one attached hydrogen (secondary N) is 2. The number of benzene rings is 2. The Kier molecular flexibility index (Phi) is 4.76. The topological polar surface area (TPSA) is 49.8 Å². The first kappa shape index (κ1) is 15.7. The van der Waals surface area contributed by atoms with Crippen molar-refractivity contribution < 1.29 is 0 Å². The molecule has 2 N–H and O–H groups in total. The molecular weight excluding hydrogens is 331 g/mol. The Labute approximate surface area is 144 Å². The minimum atomic E-state index is 0.619. The van der Waals surface area contributed by atoms with E-state index < -0.39 is 0 Å². The number of aromatic nitrogens is 2. The highest BCUT2D eigenvalue weighted by atomic mass is 35.5. The Hall–Kier alpha value is -2.14. The maximum atomic E-state index is 6.33. The van der Waals surface area contributed by atoms with Gasteiger partial charge in [0.25, 0.3) is 0 Å². The lowest BCUT2D eigenvalue weighted by molar-refractivity contribution is 0.932. The zero-order valence-corrected chi connectivity index (χ0v) is 13.9. The van der Waals surface area contributed by atoms with Crippen LogP contribution in [0, 0.1) is 0 Å². The molecule has 0 aliphatic heterocycles. The maximum Gasteiger partial charge on any atom is 0.163 e. The number of nitrogens with zero attached hydrogens (tertiary/aromatic N) is 2. The average Bonchev–Trinajstić information content (AvgIpc) is 2.57. The van der Waals surface area contributed by atoms with Gasteiger partial charge in [0.1, 0.15) is 5.69 Å². The van der Waals surface area contributed by atoms with Gasteiger partial charge in [0.05, 0.1) is 5.02 Å². The van der Waals surface area contributed by atoms with E-state index in [9.17, 15) is 0 Å². The van der Waals surface area contributed by atoms with E-state index in [1.807, 2.05) is 54.6 Å². The second-order valence-corrected chi connectivity index (χ2v) is 5.70. The summed E-state index contributed by atoms with van der Waals surface area (Å²) in [7, 11) is 1.77. The van der Waals surface area contributed by atoms with Gasteiger partial charge in [-0.3, -0.25) is 0 Å². The Morgan fingerprint density at radius 2 is 1.61 bits per heavy atom. The molecule has 0 saturated heterocycles. The zero-order chi connectivity index (χ0) is 16.2. The summed E-state index contributed by atoms with van der Waals surface area (Å²) in [5, 5.41) is 9.85. The molecule has 0 aliphatic rings. The molecule has 0 amide bonds. The minimum Gasteiger partial charge on any atom is -0.305 e. The highest BCUT2D eigenvalue weighted by molar-refractivity contribution is 6.33. The summed E-state index contributed by atoms with van der Waals surface area (Å²) >= 11 is 12.3. The molecule has 0 unspecified atom stereocenters. The normalized spacial score (nSPS) is 10.6. The monoisotopic (exact) mass is 344 g/mol. The molecule has 116 valence electrons. The molecule has 23 heavy (non-hydrogen) atoms. The predicted molar refractivity (Wildman–Crippen MR) is 95.6 cm³/mol. The van der Waals surface area contributed by atoms with Crippen molar-refractivity contribution in [2.24, 2.45) is 0 Å². The van der Waals surface area contributed by atoms with Crippen LogP contribution in [0.2, 0.25) is 10.0 Å². The first-order valence-corrected chi connectivity index (χ1v) is 7.76. The largest absolute Gasteiger partial charge is 0.305 e. The Morgan fingerprint density at radius 3 is 2.30 bits per heavy atom. The number of hydrazine groups is 1. The van der Waals surface area contributed by atoms with Crippen LogP contribution in [-0.4, -0.2) is 17.2 Å². The van der Waals surface area contributed by atoms with E-state index in [4.69, 9.17) is 23.2 Å². The fraction of sp³-hybridized carbons (Fsp3) is 0.0588. The van der Waals surface area contributed by atoms with E-state index in [2.05, 4.69) is 21.0 Å². The zero-order valence-electron chi connectivity index (χ0n) is 12.3. The predicted octanol–water partition coefficient (Wildman–Crippen LogP) is 4.66. The minimum absolute atomic E-state index is 0.619. The van der Waals surface area contributed by atoms with E-state index in [1.165, 1.54) is 0 Å². The van der Waals surface area contributed by atoms with Crippen molar-refractivity contribution in [3.63, 3.8) is 0 Å². The summed E-state index contributed by atoms with van der Waals surface area (Å²) in [6, 6.07) is 17.1. The molecule has 3 aromatic rings. The second-order valence-electron chi connectivity index (χ2n) is 4.85. The lowest BCUT2D eigenvalue weighted by Crippen LogP contribution is -2.16. The first-order valence-electron chi connectivity index (χ1n) is 7.00. The average molecular weight is 345 g/mol. The van der Waals surface area contributed by atoms with Crippen LogP contribution >= 0.6 is 23.2 Å². The molecule has 0 fully saturated rings. The Morgan fingerprint density at radius 1 is 0.870 bits per heavy atom. The van der Waals surface area contributed by atoms with Gasteiger partial charge in [-0.1, -0.05) is 53.5 Å². The van der Waals surface area contributed by atoms with Crippen molar-refractivity contribution in [1.29, 1.82) is 0 Å². The van der Waals surface area contributed by atoms with Crippen LogP contribution in [0.1, 0.15) is 0 Å². The van der Waals surface area contributed by atoms with Gasteiger partial charge < -0.3 is 5.43 Å². The van der Waals surface area contributed by atoms with Gasteiger partial charge in [0.2, 0.25) is 0 Å².